The molecule has 4 heterocycles. The summed E-state index contributed by atoms with van der Waals surface area (Å²) in [5.41, 5.74) is 1.87. The van der Waals surface area contributed by atoms with Crippen LogP contribution in [-0.4, -0.2) is 95.3 Å². The second kappa shape index (κ2) is 19.2. The van der Waals surface area contributed by atoms with Crippen LogP contribution in [0.5, 0.6) is 11.5 Å². The molecule has 2 aromatic heterocycles. The van der Waals surface area contributed by atoms with Crippen LogP contribution in [0.25, 0.3) is 22.3 Å². The molecule has 2 aliphatic heterocycles. The van der Waals surface area contributed by atoms with Crippen molar-refractivity contribution >= 4 is 52.9 Å². The quantitative estimate of drug-likeness (QED) is 0.111. The zero-order valence-electron chi connectivity index (χ0n) is 35.3. The number of aromatic nitrogens is 2. The molecule has 60 heavy (non-hydrogen) atoms. The van der Waals surface area contributed by atoms with Crippen LogP contribution < -0.4 is 25.4 Å². The molecule has 326 valence electrons. The number of alkyl carbamates (subject to hydrolysis) is 1. The van der Waals surface area contributed by atoms with Crippen LogP contribution in [0.15, 0.2) is 41.8 Å². The molecule has 17 heteroatoms. The number of carbonyl (C=O) groups is 3. The zero-order chi connectivity index (χ0) is 42.4. The van der Waals surface area contributed by atoms with E-state index in [-0.39, 0.29) is 44.2 Å². The van der Waals surface area contributed by atoms with E-state index in [1.165, 1.54) is 16.2 Å². The molecule has 0 bridgehead atoms. The number of pyridine rings is 1. The highest BCUT2D eigenvalue weighted by Gasteiger charge is 2.68. The van der Waals surface area contributed by atoms with Gasteiger partial charge < -0.3 is 44.1 Å². The van der Waals surface area contributed by atoms with Crippen molar-refractivity contribution in [3.05, 3.63) is 41.8 Å². The van der Waals surface area contributed by atoms with Gasteiger partial charge in [0.05, 0.1) is 38.1 Å². The molecule has 5 atom stereocenters. The van der Waals surface area contributed by atoms with Crippen molar-refractivity contribution in [2.24, 2.45) is 5.92 Å². The molecule has 0 unspecified atom stereocenters. The van der Waals surface area contributed by atoms with Gasteiger partial charge in [0, 0.05) is 41.3 Å². The third-order valence-electron chi connectivity index (χ3n) is 11.6. The summed E-state index contributed by atoms with van der Waals surface area (Å²) in [5.74, 6) is -0.0654. The summed E-state index contributed by atoms with van der Waals surface area (Å²) < 4.78 is 44.4. The third kappa shape index (κ3) is 9.77. The highest BCUT2D eigenvalue weighted by atomic mass is 32.1. The Balaban J connectivity index is 1.23. The predicted octanol–water partition coefficient (Wildman–Crippen LogP) is 8.19. The monoisotopic (exact) mass is 866 g/mol. The van der Waals surface area contributed by atoms with Gasteiger partial charge in [0.2, 0.25) is 11.8 Å². The van der Waals surface area contributed by atoms with Gasteiger partial charge in [0.1, 0.15) is 46.8 Å². The Morgan fingerprint density at radius 3 is 2.52 bits per heavy atom. The molecule has 1 saturated heterocycles. The summed E-state index contributed by atoms with van der Waals surface area (Å²) in [5, 5.41) is 11.5. The van der Waals surface area contributed by atoms with Crippen molar-refractivity contribution in [2.75, 3.05) is 32.2 Å². The van der Waals surface area contributed by atoms with Gasteiger partial charge in [-0.25, -0.2) is 14.8 Å². The minimum absolute atomic E-state index is 0.0478. The predicted molar refractivity (Wildman–Crippen MR) is 230 cm³/mol. The smallest absolute Gasteiger partial charge is 0.408 e. The van der Waals surface area contributed by atoms with E-state index < -0.39 is 49.0 Å². The normalized spacial score (nSPS) is 25.3. The van der Waals surface area contributed by atoms with Crippen LogP contribution in [0.3, 0.4) is 0 Å². The topological polar surface area (TPSA) is 180 Å². The first-order chi connectivity index (χ1) is 28.9. The molecular weight excluding hydrogens is 808 g/mol. The molecule has 4 aliphatic rings. The van der Waals surface area contributed by atoms with Crippen molar-refractivity contribution in [3.8, 4) is 22.9 Å². The summed E-state index contributed by atoms with van der Waals surface area (Å²) in [6.07, 6.45) is 10.1. The Morgan fingerprint density at radius 2 is 1.78 bits per heavy atom. The van der Waals surface area contributed by atoms with Gasteiger partial charge in [-0.15, -0.1) is 11.3 Å². The number of allylic oxidation sites excluding steroid dienone is 1. The van der Waals surface area contributed by atoms with Crippen molar-refractivity contribution < 1.29 is 42.2 Å². The Bertz CT molecular complexity index is 2080. The molecule has 3 aromatic rings. The van der Waals surface area contributed by atoms with Crippen LogP contribution in [0, 0.1) is 5.92 Å². The van der Waals surface area contributed by atoms with Gasteiger partial charge in [-0.05, 0) is 91.2 Å². The lowest BCUT2D eigenvalue weighted by Crippen LogP contribution is -2.55. The summed E-state index contributed by atoms with van der Waals surface area (Å²) in [7, 11) is -2.27. The van der Waals surface area contributed by atoms with Crippen molar-refractivity contribution in [1.29, 1.82) is 0 Å². The fourth-order valence-corrected chi connectivity index (χ4v) is 11.8. The number of anilines is 1. The molecule has 15 nitrogen and oxygen atoms in total. The lowest BCUT2D eigenvalue weighted by atomic mass is 10.0. The van der Waals surface area contributed by atoms with E-state index in [0.29, 0.717) is 53.1 Å². The van der Waals surface area contributed by atoms with Crippen LogP contribution in [-0.2, 0) is 27.9 Å². The SMILES string of the molecule is CCOP(=O)(OCC)[C@@]12C[C@H]1C=CCCCCC[C@H](NC(=O)OC1CCCC1)C(=O)N1C[C@H](Oc3cc(-c4csc(NC(C)C)n4)nc4cc(OC)ccc34)C[C@H]1C(=O)N2. The molecule has 1 aromatic carbocycles. The molecule has 3 fully saturated rings. The van der Waals surface area contributed by atoms with Gasteiger partial charge >= 0.3 is 13.7 Å². The number of carbonyl (C=O) groups excluding carboxylic acids is 3. The number of hydrogen-bond donors (Lipinski definition) is 3. The highest BCUT2D eigenvalue weighted by molar-refractivity contribution is 7.56. The fraction of sp³-hybridized carbons (Fsp3) is 0.605. The number of benzene rings is 1. The van der Waals surface area contributed by atoms with E-state index in [4.69, 9.17) is 33.2 Å². The standard InChI is InChI=1S/C43H59N6O9PS/c1-6-55-59(53,56-7-2)43-24-28(43)15-11-9-8-10-12-18-33(47-42(52)58-29-16-13-14-17-29)40(51)49-25-31(22-37(49)39(50)48-43)57-38-23-35(36-26-60-41(46-36)44-27(3)4)45-34-21-30(54-5)19-20-32(34)38/h11,15,19-21,23,26-29,31,33,37H,6-10,12-14,16-18,22,24-25H2,1-5H3,(H,44,46)(H,47,52)(H,48,50)/t28-,31-,33+,37+,43+/m1/s1. The van der Waals surface area contributed by atoms with Gasteiger partial charge in [-0.3, -0.25) is 14.2 Å². The van der Waals surface area contributed by atoms with Gasteiger partial charge in [0.15, 0.2) is 5.13 Å². The Labute approximate surface area is 356 Å². The fourth-order valence-electron chi connectivity index (χ4n) is 8.57. The van der Waals surface area contributed by atoms with Crippen molar-refractivity contribution in [2.45, 2.75) is 134 Å². The zero-order valence-corrected chi connectivity index (χ0v) is 37.0. The Morgan fingerprint density at radius 1 is 1.02 bits per heavy atom. The number of nitrogens with zero attached hydrogens (tertiary/aromatic N) is 3. The number of fused-ring (bicyclic) bond motifs is 3. The van der Waals surface area contributed by atoms with E-state index >= 15 is 0 Å². The van der Waals surface area contributed by atoms with Gasteiger partial charge in [0.25, 0.3) is 0 Å². The van der Waals surface area contributed by atoms with E-state index in [0.717, 1.165) is 50.1 Å². The molecule has 0 spiro atoms. The molecule has 2 saturated carbocycles. The first-order valence-corrected chi connectivity index (χ1v) is 23.9. The average Bonchev–Trinajstić information content (AvgIpc) is 3.64. The maximum atomic E-state index is 14.8. The summed E-state index contributed by atoms with van der Waals surface area (Å²) in [4.78, 5) is 54.1. The second-order valence-electron chi connectivity index (χ2n) is 16.3. The van der Waals surface area contributed by atoms with E-state index in [1.54, 1.807) is 21.0 Å². The van der Waals surface area contributed by atoms with Crippen LogP contribution in [0.1, 0.15) is 98.3 Å². The van der Waals surface area contributed by atoms with E-state index in [2.05, 4.69) is 22.0 Å². The maximum absolute atomic E-state index is 14.8. The van der Waals surface area contributed by atoms with Gasteiger partial charge in [-0.2, -0.15) is 0 Å². The highest BCUT2D eigenvalue weighted by Crippen LogP contribution is 2.73. The minimum atomic E-state index is -3.86. The van der Waals surface area contributed by atoms with Crippen LogP contribution >= 0.6 is 18.9 Å². The van der Waals surface area contributed by atoms with Gasteiger partial charge in [-0.1, -0.05) is 25.0 Å². The van der Waals surface area contributed by atoms with E-state index in [1.807, 2.05) is 49.6 Å². The third-order valence-corrected chi connectivity index (χ3v) is 15.2. The number of hydrogen-bond acceptors (Lipinski definition) is 13. The molecule has 3 amide bonds. The first-order valence-electron chi connectivity index (χ1n) is 21.5. The number of thiazole rings is 1. The Kier molecular flexibility index (Phi) is 14.0. The number of ether oxygens (including phenoxy) is 3. The summed E-state index contributed by atoms with van der Waals surface area (Å²) >= 11 is 1.48. The molecule has 3 N–H and O–H groups in total. The Hall–Kier alpha value is -4.24. The second-order valence-corrected chi connectivity index (χ2v) is 19.5. The lowest BCUT2D eigenvalue weighted by molar-refractivity contribution is -0.140. The van der Waals surface area contributed by atoms with Crippen molar-refractivity contribution in [1.82, 2.24) is 25.5 Å². The van der Waals surface area contributed by atoms with Crippen LogP contribution in [0.4, 0.5) is 9.93 Å². The molecule has 0 radical (unpaired) electrons. The number of nitrogens with one attached hydrogen (secondary N) is 3. The molecular formula is C43H59N6O9PS. The summed E-state index contributed by atoms with van der Waals surface area (Å²) in [6.45, 7) is 7.89. The molecule has 2 aliphatic carbocycles. The minimum Gasteiger partial charge on any atom is -0.497 e. The lowest BCUT2D eigenvalue weighted by Gasteiger charge is -2.32. The number of amides is 3. The number of rotatable bonds is 13. The first kappa shape index (κ1) is 43.8. The average molecular weight is 867 g/mol. The van der Waals surface area contributed by atoms with Crippen LogP contribution in [0.2, 0.25) is 0 Å². The summed E-state index contributed by atoms with van der Waals surface area (Å²) in [6, 6.07) is 5.60. The molecule has 7 rings (SSSR count). The largest absolute Gasteiger partial charge is 0.497 e. The maximum Gasteiger partial charge on any atom is 0.408 e. The van der Waals surface area contributed by atoms with E-state index in [9.17, 15) is 18.9 Å². The van der Waals surface area contributed by atoms with Crippen molar-refractivity contribution in [3.63, 3.8) is 0 Å². The number of methoxy groups -OCH3 is 1.